The number of fused-ring (bicyclic) bond motifs is 2. The summed E-state index contributed by atoms with van der Waals surface area (Å²) in [6.07, 6.45) is 3.81. The van der Waals surface area contributed by atoms with Crippen LogP contribution in [0.5, 0.6) is 5.75 Å². The van der Waals surface area contributed by atoms with Crippen LogP contribution in [0.2, 0.25) is 0 Å². The summed E-state index contributed by atoms with van der Waals surface area (Å²) in [5.41, 5.74) is 7.96. The Balaban J connectivity index is 1.38. The van der Waals surface area contributed by atoms with Gasteiger partial charge in [0.15, 0.2) is 11.5 Å². The van der Waals surface area contributed by atoms with Crippen molar-refractivity contribution < 1.29 is 9.53 Å². The van der Waals surface area contributed by atoms with E-state index in [2.05, 4.69) is 25.5 Å². The Bertz CT molecular complexity index is 1820. The van der Waals surface area contributed by atoms with Gasteiger partial charge in [0.2, 0.25) is 5.91 Å². The van der Waals surface area contributed by atoms with Crippen molar-refractivity contribution in [1.29, 1.82) is 0 Å². The molecule has 1 amide bonds. The zero-order valence-corrected chi connectivity index (χ0v) is 21.8. The summed E-state index contributed by atoms with van der Waals surface area (Å²) in [5.74, 6) is 1.63. The fourth-order valence-corrected chi connectivity index (χ4v) is 4.62. The molecule has 9 nitrogen and oxygen atoms in total. The lowest BCUT2D eigenvalue weighted by Gasteiger charge is -2.08. The van der Waals surface area contributed by atoms with E-state index in [0.717, 1.165) is 39.0 Å². The fourth-order valence-electron chi connectivity index (χ4n) is 4.62. The molecule has 0 unspecified atom stereocenters. The first kappa shape index (κ1) is 24.3. The SMILES string of the molecule is COc1cccc(-c2cccc3[nH]c(-c4n[nH]c5ccc(-c6cncc(NC(=O)CC(C)C)c6)nc45)nc23)c1. The fraction of sp³-hybridized carbons (Fsp3) is 0.167. The average Bonchev–Trinajstić information content (AvgIpc) is 3.56. The lowest BCUT2D eigenvalue weighted by molar-refractivity contribution is -0.116. The molecule has 0 fully saturated rings. The number of para-hydroxylation sites is 1. The number of ether oxygens (including phenoxy) is 1. The topological polar surface area (TPSA) is 121 Å². The van der Waals surface area contributed by atoms with Crippen molar-refractivity contribution in [2.75, 3.05) is 12.4 Å². The van der Waals surface area contributed by atoms with E-state index < -0.39 is 0 Å². The van der Waals surface area contributed by atoms with Gasteiger partial charge in [-0.1, -0.05) is 38.1 Å². The minimum absolute atomic E-state index is 0.0392. The second-order valence-corrected chi connectivity index (χ2v) is 9.79. The monoisotopic (exact) mass is 517 g/mol. The number of hydrogen-bond acceptors (Lipinski definition) is 6. The summed E-state index contributed by atoms with van der Waals surface area (Å²) < 4.78 is 5.41. The number of H-pyrrole nitrogens is 2. The van der Waals surface area contributed by atoms with E-state index in [1.807, 2.05) is 74.5 Å². The number of pyridine rings is 2. The third-order valence-electron chi connectivity index (χ3n) is 6.44. The van der Waals surface area contributed by atoms with Gasteiger partial charge in [-0.05, 0) is 47.9 Å². The molecule has 4 aromatic heterocycles. The van der Waals surface area contributed by atoms with Crippen molar-refractivity contribution in [1.82, 2.24) is 30.1 Å². The quantitative estimate of drug-likeness (QED) is 0.231. The number of imidazole rings is 1. The Kier molecular flexibility index (Phi) is 6.24. The number of rotatable bonds is 7. The van der Waals surface area contributed by atoms with Crippen LogP contribution in [0.25, 0.3) is 56.0 Å². The Hall–Kier alpha value is -5.05. The molecule has 0 spiro atoms. The second-order valence-electron chi connectivity index (χ2n) is 9.79. The molecule has 6 aromatic rings. The number of aromatic amines is 2. The molecule has 0 aliphatic carbocycles. The molecule has 9 heteroatoms. The van der Waals surface area contributed by atoms with E-state index in [4.69, 9.17) is 14.7 Å². The number of carbonyl (C=O) groups is 1. The predicted molar refractivity (Wildman–Crippen MR) is 152 cm³/mol. The highest BCUT2D eigenvalue weighted by atomic mass is 16.5. The van der Waals surface area contributed by atoms with Crippen LogP contribution >= 0.6 is 0 Å². The molecule has 0 aliphatic rings. The molecule has 0 aliphatic heterocycles. The summed E-state index contributed by atoms with van der Waals surface area (Å²) in [7, 11) is 1.66. The van der Waals surface area contributed by atoms with Crippen LogP contribution in [0, 0.1) is 5.92 Å². The molecule has 0 saturated carbocycles. The maximum atomic E-state index is 12.2. The summed E-state index contributed by atoms with van der Waals surface area (Å²) in [5, 5.41) is 10.5. The molecule has 3 N–H and O–H groups in total. The molecule has 0 saturated heterocycles. The molecule has 0 bridgehead atoms. The Morgan fingerprint density at radius 2 is 1.82 bits per heavy atom. The van der Waals surface area contributed by atoms with Gasteiger partial charge in [-0.3, -0.25) is 14.9 Å². The first-order valence-corrected chi connectivity index (χ1v) is 12.7. The van der Waals surface area contributed by atoms with Crippen molar-refractivity contribution in [3.8, 4) is 39.7 Å². The van der Waals surface area contributed by atoms with Crippen molar-refractivity contribution in [3.05, 3.63) is 73.1 Å². The minimum Gasteiger partial charge on any atom is -0.497 e. The number of aromatic nitrogens is 6. The first-order chi connectivity index (χ1) is 19.0. The largest absolute Gasteiger partial charge is 0.497 e. The molecule has 194 valence electrons. The van der Waals surface area contributed by atoms with Gasteiger partial charge in [0.05, 0.1) is 41.2 Å². The Labute approximate surface area is 224 Å². The Morgan fingerprint density at radius 1 is 0.949 bits per heavy atom. The maximum absolute atomic E-state index is 12.2. The second kappa shape index (κ2) is 10.0. The van der Waals surface area contributed by atoms with Crippen LogP contribution in [-0.2, 0) is 4.79 Å². The number of nitrogens with one attached hydrogen (secondary N) is 3. The zero-order chi connectivity index (χ0) is 26.9. The normalized spacial score (nSPS) is 11.4. The number of carbonyl (C=O) groups excluding carboxylic acids is 1. The van der Waals surface area contributed by atoms with Crippen LogP contribution in [0.3, 0.4) is 0 Å². The van der Waals surface area contributed by atoms with Gasteiger partial charge < -0.3 is 15.0 Å². The minimum atomic E-state index is -0.0392. The standard InChI is InChI=1S/C30H27N7O2/c1-17(2)12-26(38)32-20-13-19(15-31-16-20)23-10-11-25-28(33-23)29(37-36-25)30-34-24-9-5-8-22(27(24)35-30)18-6-4-7-21(14-18)39-3/h4-11,13-17H,12H2,1-3H3,(H,32,38)(H,34,35)(H,36,37). The van der Waals surface area contributed by atoms with E-state index in [1.54, 1.807) is 19.5 Å². The van der Waals surface area contributed by atoms with Crippen LogP contribution in [-0.4, -0.2) is 43.2 Å². The van der Waals surface area contributed by atoms with Gasteiger partial charge in [-0.15, -0.1) is 0 Å². The van der Waals surface area contributed by atoms with Gasteiger partial charge in [0, 0.05) is 23.7 Å². The van der Waals surface area contributed by atoms with Gasteiger partial charge in [-0.25, -0.2) is 9.97 Å². The van der Waals surface area contributed by atoms with Gasteiger partial charge >= 0.3 is 0 Å². The van der Waals surface area contributed by atoms with E-state index in [0.29, 0.717) is 34.8 Å². The molecule has 0 atom stereocenters. The van der Waals surface area contributed by atoms with E-state index in [-0.39, 0.29) is 11.8 Å². The van der Waals surface area contributed by atoms with E-state index in [9.17, 15) is 4.79 Å². The molecule has 39 heavy (non-hydrogen) atoms. The van der Waals surface area contributed by atoms with Crippen molar-refractivity contribution in [3.63, 3.8) is 0 Å². The number of methoxy groups -OCH3 is 1. The lowest BCUT2D eigenvalue weighted by Crippen LogP contribution is -2.14. The van der Waals surface area contributed by atoms with Crippen LogP contribution < -0.4 is 10.1 Å². The zero-order valence-electron chi connectivity index (χ0n) is 21.8. The smallest absolute Gasteiger partial charge is 0.224 e. The molecule has 4 heterocycles. The van der Waals surface area contributed by atoms with Crippen molar-refractivity contribution in [2.24, 2.45) is 5.92 Å². The first-order valence-electron chi connectivity index (χ1n) is 12.7. The maximum Gasteiger partial charge on any atom is 0.224 e. The highest BCUT2D eigenvalue weighted by Crippen LogP contribution is 2.33. The molecular weight excluding hydrogens is 490 g/mol. The third kappa shape index (κ3) is 4.82. The van der Waals surface area contributed by atoms with E-state index >= 15 is 0 Å². The summed E-state index contributed by atoms with van der Waals surface area (Å²) in [6.45, 7) is 4.02. The highest BCUT2D eigenvalue weighted by molar-refractivity contribution is 5.96. The van der Waals surface area contributed by atoms with Gasteiger partial charge in [0.25, 0.3) is 0 Å². The molecule has 2 aromatic carbocycles. The average molecular weight is 518 g/mol. The van der Waals surface area contributed by atoms with Crippen LogP contribution in [0.1, 0.15) is 20.3 Å². The highest BCUT2D eigenvalue weighted by Gasteiger charge is 2.17. The molecule has 6 rings (SSSR count). The van der Waals surface area contributed by atoms with Crippen LogP contribution in [0.4, 0.5) is 5.69 Å². The van der Waals surface area contributed by atoms with Gasteiger partial charge in [-0.2, -0.15) is 5.10 Å². The predicted octanol–water partition coefficient (Wildman–Crippen LogP) is 6.22. The Morgan fingerprint density at radius 3 is 2.67 bits per heavy atom. The van der Waals surface area contributed by atoms with Crippen molar-refractivity contribution >= 4 is 33.7 Å². The van der Waals surface area contributed by atoms with Gasteiger partial charge in [0.1, 0.15) is 11.3 Å². The third-order valence-corrected chi connectivity index (χ3v) is 6.44. The number of anilines is 1. The number of benzene rings is 2. The molecule has 0 radical (unpaired) electrons. The lowest BCUT2D eigenvalue weighted by atomic mass is 10.0. The van der Waals surface area contributed by atoms with Crippen LogP contribution in [0.15, 0.2) is 73.1 Å². The number of nitrogens with zero attached hydrogens (tertiary/aromatic N) is 4. The summed E-state index contributed by atoms with van der Waals surface area (Å²) in [4.78, 5) is 29.8. The summed E-state index contributed by atoms with van der Waals surface area (Å²) in [6, 6.07) is 19.7. The van der Waals surface area contributed by atoms with Crippen molar-refractivity contribution in [2.45, 2.75) is 20.3 Å². The number of amides is 1. The van der Waals surface area contributed by atoms with E-state index in [1.165, 1.54) is 0 Å². The summed E-state index contributed by atoms with van der Waals surface area (Å²) >= 11 is 0. The number of hydrogen-bond donors (Lipinski definition) is 3. The molecular formula is C30H27N7O2.